The largest absolute Gasteiger partial charge is 0.494 e. The van der Waals surface area contributed by atoms with E-state index in [2.05, 4.69) is 4.90 Å². The molecule has 3 rings (SSSR count). The van der Waals surface area contributed by atoms with Crippen LogP contribution < -0.4 is 9.64 Å². The molecule has 0 bridgehead atoms. The topological polar surface area (TPSA) is 45.7 Å². The van der Waals surface area contributed by atoms with E-state index in [9.17, 15) is 4.79 Å². The zero-order chi connectivity index (χ0) is 22.9. The van der Waals surface area contributed by atoms with Gasteiger partial charge in [-0.1, -0.05) is 22.9 Å². The fourth-order valence-electron chi connectivity index (χ4n) is 3.22. The smallest absolute Gasteiger partial charge is 0.228 e. The van der Waals surface area contributed by atoms with Gasteiger partial charge in [-0.05, 0) is 88.6 Å². The number of thiazole rings is 1. The third kappa shape index (κ3) is 8.65. The van der Waals surface area contributed by atoms with Crippen LogP contribution in [0.3, 0.4) is 0 Å². The van der Waals surface area contributed by atoms with Gasteiger partial charge < -0.3 is 9.64 Å². The van der Waals surface area contributed by atoms with Crippen molar-refractivity contribution in [2.45, 2.75) is 31.1 Å². The lowest BCUT2D eigenvalue weighted by Gasteiger charge is -2.21. The first kappa shape index (κ1) is 27.7. The Bertz CT molecular complexity index is 1010. The van der Waals surface area contributed by atoms with Crippen LogP contribution in [0.2, 0.25) is 5.02 Å². The fraction of sp³-hybridized carbons (Fsp3) is 0.417. The summed E-state index contributed by atoms with van der Waals surface area (Å²) >= 11 is 9.25. The van der Waals surface area contributed by atoms with E-state index < -0.39 is 0 Å². The molecule has 0 aliphatic heterocycles. The van der Waals surface area contributed by atoms with Crippen molar-refractivity contribution in [3.05, 3.63) is 47.5 Å². The summed E-state index contributed by atoms with van der Waals surface area (Å²) in [6.07, 6.45) is 2.22. The molecule has 0 saturated carbocycles. The SMILES string of the molecule is CCOc1ccc2nc(N(CCCN(C)C)C(=O)CCCSc3ccc(Cl)cc3)sc2c1.Cl. The van der Waals surface area contributed by atoms with Crippen LogP contribution in [-0.2, 0) is 4.79 Å². The molecule has 0 aliphatic carbocycles. The van der Waals surface area contributed by atoms with Crippen LogP contribution in [0.15, 0.2) is 47.4 Å². The Labute approximate surface area is 215 Å². The number of amides is 1. The molecule has 1 heterocycles. The summed E-state index contributed by atoms with van der Waals surface area (Å²) in [4.78, 5) is 23.1. The Kier molecular flexibility index (Phi) is 11.8. The molecule has 3 aromatic rings. The minimum absolute atomic E-state index is 0. The third-order valence-corrected chi connectivity index (χ3v) is 7.19. The zero-order valence-corrected chi connectivity index (χ0v) is 22.5. The monoisotopic (exact) mass is 527 g/mol. The van der Waals surface area contributed by atoms with Crippen LogP contribution in [0.1, 0.15) is 26.2 Å². The Balaban J connectivity index is 0.00000385. The number of fused-ring (bicyclic) bond motifs is 1. The average molecular weight is 529 g/mol. The van der Waals surface area contributed by atoms with Crippen LogP contribution >= 0.6 is 47.1 Å². The molecule has 5 nitrogen and oxygen atoms in total. The standard InChI is InChI=1S/C24H30ClN3O2S2.ClH/c1-4-30-19-10-13-21-22(17-19)32-24(26-21)28(15-6-14-27(2)3)23(29)7-5-16-31-20-11-8-18(25)9-12-20;/h8-13,17H,4-7,14-16H2,1-3H3;1H. The number of hydrogen-bond donors (Lipinski definition) is 0. The Morgan fingerprint density at radius 1 is 1.12 bits per heavy atom. The van der Waals surface area contributed by atoms with Crippen LogP contribution in [-0.4, -0.2) is 55.3 Å². The van der Waals surface area contributed by atoms with E-state index in [0.717, 1.165) is 51.3 Å². The van der Waals surface area contributed by atoms with Crippen molar-refractivity contribution in [2.24, 2.45) is 0 Å². The normalized spacial score (nSPS) is 10.9. The van der Waals surface area contributed by atoms with E-state index in [-0.39, 0.29) is 18.3 Å². The zero-order valence-electron chi connectivity index (χ0n) is 19.3. The molecule has 0 radical (unpaired) electrons. The maximum atomic E-state index is 13.1. The summed E-state index contributed by atoms with van der Waals surface area (Å²) in [6, 6.07) is 13.7. The van der Waals surface area contributed by atoms with E-state index >= 15 is 0 Å². The third-order valence-electron chi connectivity index (χ3n) is 4.80. The highest BCUT2D eigenvalue weighted by molar-refractivity contribution is 7.99. The predicted molar refractivity (Wildman–Crippen MR) is 145 cm³/mol. The van der Waals surface area contributed by atoms with Crippen molar-refractivity contribution in [3.8, 4) is 5.75 Å². The van der Waals surface area contributed by atoms with E-state index in [1.54, 1.807) is 23.1 Å². The van der Waals surface area contributed by atoms with Gasteiger partial charge in [0.2, 0.25) is 5.91 Å². The van der Waals surface area contributed by atoms with Crippen LogP contribution in [0.4, 0.5) is 5.13 Å². The molecule has 1 aromatic heterocycles. The number of ether oxygens (including phenoxy) is 1. The molecule has 0 N–H and O–H groups in total. The molecule has 0 fully saturated rings. The van der Waals surface area contributed by atoms with Gasteiger partial charge in [-0.3, -0.25) is 9.69 Å². The molecule has 9 heteroatoms. The second-order valence-electron chi connectivity index (χ2n) is 7.67. The molecule has 0 saturated heterocycles. The summed E-state index contributed by atoms with van der Waals surface area (Å²) in [6.45, 7) is 4.19. The number of anilines is 1. The van der Waals surface area contributed by atoms with E-state index in [4.69, 9.17) is 21.3 Å². The van der Waals surface area contributed by atoms with Gasteiger partial charge in [0, 0.05) is 22.9 Å². The molecule has 0 atom stereocenters. The minimum Gasteiger partial charge on any atom is -0.494 e. The Hall–Kier alpha value is -1.51. The number of benzene rings is 2. The number of aromatic nitrogens is 1. The van der Waals surface area contributed by atoms with Crippen molar-refractivity contribution in [3.63, 3.8) is 0 Å². The van der Waals surface area contributed by atoms with Gasteiger partial charge in [0.05, 0.1) is 16.8 Å². The minimum atomic E-state index is 0. The van der Waals surface area contributed by atoms with E-state index in [0.29, 0.717) is 19.6 Å². The van der Waals surface area contributed by atoms with Crippen LogP contribution in [0.5, 0.6) is 5.75 Å². The number of thioether (sulfide) groups is 1. The number of hydrogen-bond acceptors (Lipinski definition) is 6. The van der Waals surface area contributed by atoms with Gasteiger partial charge in [0.1, 0.15) is 5.75 Å². The summed E-state index contributed by atoms with van der Waals surface area (Å²) < 4.78 is 6.65. The van der Waals surface area contributed by atoms with E-state index in [1.165, 1.54) is 4.90 Å². The van der Waals surface area contributed by atoms with E-state index in [1.807, 2.05) is 68.4 Å². The number of nitrogens with zero attached hydrogens (tertiary/aromatic N) is 3. The summed E-state index contributed by atoms with van der Waals surface area (Å²) in [5.41, 5.74) is 0.900. The number of carbonyl (C=O) groups excluding carboxylic acids is 1. The highest BCUT2D eigenvalue weighted by atomic mass is 35.5. The van der Waals surface area contributed by atoms with Gasteiger partial charge in [-0.15, -0.1) is 24.2 Å². The second-order valence-corrected chi connectivity index (χ2v) is 10.3. The van der Waals surface area contributed by atoms with Gasteiger partial charge in [-0.2, -0.15) is 0 Å². The maximum Gasteiger partial charge on any atom is 0.228 e. The first-order valence-corrected chi connectivity index (χ1v) is 13.0. The number of rotatable bonds is 12. The molecular formula is C24H31Cl2N3O2S2. The maximum absolute atomic E-state index is 13.1. The number of halogens is 2. The van der Waals surface area contributed by atoms with Gasteiger partial charge >= 0.3 is 0 Å². The molecule has 0 aliphatic rings. The first-order chi connectivity index (χ1) is 15.5. The quantitative estimate of drug-likeness (QED) is 0.195. The fourth-order valence-corrected chi connectivity index (χ4v) is 5.23. The Morgan fingerprint density at radius 2 is 1.88 bits per heavy atom. The first-order valence-electron chi connectivity index (χ1n) is 10.8. The average Bonchev–Trinajstić information content (AvgIpc) is 3.18. The molecule has 0 unspecified atom stereocenters. The van der Waals surface area contributed by atoms with Gasteiger partial charge in [0.15, 0.2) is 5.13 Å². The summed E-state index contributed by atoms with van der Waals surface area (Å²) in [7, 11) is 4.10. The summed E-state index contributed by atoms with van der Waals surface area (Å²) in [5, 5.41) is 1.50. The molecule has 33 heavy (non-hydrogen) atoms. The summed E-state index contributed by atoms with van der Waals surface area (Å²) in [5.74, 6) is 1.85. The number of carbonyl (C=O) groups is 1. The molecule has 0 spiro atoms. The molecular weight excluding hydrogens is 497 g/mol. The van der Waals surface area contributed by atoms with Crippen molar-refractivity contribution in [1.29, 1.82) is 0 Å². The van der Waals surface area contributed by atoms with Gasteiger partial charge in [-0.25, -0.2) is 4.98 Å². The lowest BCUT2D eigenvalue weighted by atomic mass is 10.3. The lowest BCUT2D eigenvalue weighted by Crippen LogP contribution is -2.33. The van der Waals surface area contributed by atoms with Crippen molar-refractivity contribution in [1.82, 2.24) is 9.88 Å². The highest BCUT2D eigenvalue weighted by Gasteiger charge is 2.19. The predicted octanol–water partition coefficient (Wildman–Crippen LogP) is 6.63. The lowest BCUT2D eigenvalue weighted by molar-refractivity contribution is -0.118. The molecule has 2 aromatic carbocycles. The van der Waals surface area contributed by atoms with Crippen LogP contribution in [0, 0.1) is 0 Å². The van der Waals surface area contributed by atoms with Crippen molar-refractivity contribution < 1.29 is 9.53 Å². The van der Waals surface area contributed by atoms with Crippen molar-refractivity contribution in [2.75, 3.05) is 44.4 Å². The second kappa shape index (κ2) is 14.0. The highest BCUT2D eigenvalue weighted by Crippen LogP contribution is 2.32. The van der Waals surface area contributed by atoms with Crippen LogP contribution in [0.25, 0.3) is 10.2 Å². The molecule has 1 amide bonds. The van der Waals surface area contributed by atoms with Crippen molar-refractivity contribution >= 4 is 68.4 Å². The Morgan fingerprint density at radius 3 is 2.58 bits per heavy atom. The molecule has 180 valence electrons. The van der Waals surface area contributed by atoms with Gasteiger partial charge in [0.25, 0.3) is 0 Å².